The average molecular weight is 222 g/mol. The van der Waals surface area contributed by atoms with Crippen molar-refractivity contribution in [3.05, 3.63) is 17.8 Å². The fourth-order valence-corrected chi connectivity index (χ4v) is 2.64. The molecular formula is C8H6N4S2. The predicted molar refractivity (Wildman–Crippen MR) is 57.9 cm³/mol. The van der Waals surface area contributed by atoms with Crippen molar-refractivity contribution in [1.29, 1.82) is 0 Å². The Morgan fingerprint density at radius 2 is 2.36 bits per heavy atom. The number of thioether (sulfide) groups is 1. The number of hydrogen-bond acceptors (Lipinski definition) is 5. The summed E-state index contributed by atoms with van der Waals surface area (Å²) in [4.78, 5) is 4.33. The van der Waals surface area contributed by atoms with E-state index in [4.69, 9.17) is 0 Å². The molecule has 3 aromatic rings. The molecule has 14 heavy (non-hydrogen) atoms. The number of thiophene rings is 1. The quantitative estimate of drug-likeness (QED) is 0.591. The summed E-state index contributed by atoms with van der Waals surface area (Å²) in [7, 11) is 0. The van der Waals surface area contributed by atoms with Gasteiger partial charge in [0.25, 0.3) is 0 Å². The van der Waals surface area contributed by atoms with Crippen LogP contribution in [0.1, 0.15) is 0 Å². The topological polar surface area (TPSA) is 43.1 Å². The van der Waals surface area contributed by atoms with Crippen LogP contribution in [0.5, 0.6) is 0 Å². The second-order valence-corrected chi connectivity index (χ2v) is 4.45. The van der Waals surface area contributed by atoms with Gasteiger partial charge in [-0.2, -0.15) is 0 Å². The van der Waals surface area contributed by atoms with Crippen LogP contribution in [0.15, 0.2) is 22.9 Å². The van der Waals surface area contributed by atoms with Gasteiger partial charge in [0.05, 0.1) is 10.2 Å². The molecule has 70 valence electrons. The van der Waals surface area contributed by atoms with Gasteiger partial charge in [0.1, 0.15) is 6.33 Å². The molecule has 0 saturated carbocycles. The van der Waals surface area contributed by atoms with Gasteiger partial charge in [-0.3, -0.25) is 4.40 Å². The van der Waals surface area contributed by atoms with E-state index >= 15 is 0 Å². The molecule has 0 saturated heterocycles. The summed E-state index contributed by atoms with van der Waals surface area (Å²) in [5.74, 6) is 0. The molecule has 3 heterocycles. The van der Waals surface area contributed by atoms with Crippen LogP contribution in [0.3, 0.4) is 0 Å². The van der Waals surface area contributed by atoms with Crippen LogP contribution in [-0.2, 0) is 0 Å². The van der Waals surface area contributed by atoms with E-state index in [0.29, 0.717) is 0 Å². The Hall–Kier alpha value is -1.14. The molecule has 0 aliphatic rings. The molecule has 3 rings (SSSR count). The van der Waals surface area contributed by atoms with Gasteiger partial charge in [-0.05, 0) is 17.7 Å². The summed E-state index contributed by atoms with van der Waals surface area (Å²) in [6.45, 7) is 0. The molecule has 0 spiro atoms. The standard InChI is InChI=1S/C8H6N4S2/c1-13-8-11-10-7-6-5(2-3-14-6)9-4-12(7)8/h2-4H,1H3. The largest absolute Gasteiger partial charge is 0.259 e. The summed E-state index contributed by atoms with van der Waals surface area (Å²) in [6, 6.07) is 1.99. The fraction of sp³-hybridized carbons (Fsp3) is 0.125. The highest BCUT2D eigenvalue weighted by Gasteiger charge is 2.08. The van der Waals surface area contributed by atoms with Gasteiger partial charge in [0.15, 0.2) is 10.8 Å². The Balaban J connectivity index is 2.52. The molecule has 0 unspecified atom stereocenters. The Kier molecular flexibility index (Phi) is 1.71. The zero-order valence-electron chi connectivity index (χ0n) is 7.34. The van der Waals surface area contributed by atoms with Crippen molar-refractivity contribution in [3.63, 3.8) is 0 Å². The SMILES string of the molecule is CSc1nnc2c3sccc3ncn12. The van der Waals surface area contributed by atoms with Crippen molar-refractivity contribution in [2.75, 3.05) is 6.26 Å². The lowest BCUT2D eigenvalue weighted by Gasteiger charge is -1.94. The fourth-order valence-electron chi connectivity index (χ4n) is 1.37. The third-order valence-corrected chi connectivity index (χ3v) is 3.55. The highest BCUT2D eigenvalue weighted by molar-refractivity contribution is 7.98. The maximum Gasteiger partial charge on any atom is 0.196 e. The summed E-state index contributed by atoms with van der Waals surface area (Å²) in [5, 5.41) is 11.1. The lowest BCUT2D eigenvalue weighted by Crippen LogP contribution is -1.88. The maximum atomic E-state index is 4.33. The Bertz CT molecular complexity index is 597. The predicted octanol–water partition coefficient (Wildman–Crippen LogP) is 2.06. The molecule has 0 amide bonds. The minimum absolute atomic E-state index is 0.878. The summed E-state index contributed by atoms with van der Waals surface area (Å²) < 4.78 is 3.02. The van der Waals surface area contributed by atoms with Crippen LogP contribution in [0.2, 0.25) is 0 Å². The Morgan fingerprint density at radius 1 is 1.43 bits per heavy atom. The highest BCUT2D eigenvalue weighted by atomic mass is 32.2. The van der Waals surface area contributed by atoms with Crippen LogP contribution < -0.4 is 0 Å². The second-order valence-electron chi connectivity index (χ2n) is 2.76. The summed E-state index contributed by atoms with van der Waals surface area (Å²) in [5.41, 5.74) is 1.89. The van der Waals surface area contributed by atoms with Crippen molar-refractivity contribution >= 4 is 39.0 Å². The number of fused-ring (bicyclic) bond motifs is 3. The van der Waals surface area contributed by atoms with E-state index < -0.39 is 0 Å². The molecule has 4 nitrogen and oxygen atoms in total. The van der Waals surface area contributed by atoms with E-state index in [1.807, 2.05) is 22.1 Å². The molecule has 6 heteroatoms. The van der Waals surface area contributed by atoms with Gasteiger partial charge < -0.3 is 0 Å². The summed E-state index contributed by atoms with van der Waals surface area (Å²) in [6.07, 6.45) is 3.76. The van der Waals surface area contributed by atoms with Crippen LogP contribution in [0, 0.1) is 0 Å². The van der Waals surface area contributed by atoms with Crippen molar-refractivity contribution in [1.82, 2.24) is 19.6 Å². The van der Waals surface area contributed by atoms with Gasteiger partial charge in [0, 0.05) is 0 Å². The number of hydrogen-bond donors (Lipinski definition) is 0. The van der Waals surface area contributed by atoms with E-state index in [1.54, 1.807) is 29.4 Å². The Labute approximate surface area is 88.0 Å². The zero-order chi connectivity index (χ0) is 9.54. The first kappa shape index (κ1) is 8.19. The minimum Gasteiger partial charge on any atom is -0.259 e. The third-order valence-electron chi connectivity index (χ3n) is 2.01. The van der Waals surface area contributed by atoms with Crippen molar-refractivity contribution < 1.29 is 0 Å². The lowest BCUT2D eigenvalue weighted by atomic mass is 10.5. The first-order chi connectivity index (χ1) is 6.90. The van der Waals surface area contributed by atoms with E-state index in [2.05, 4.69) is 15.2 Å². The molecular weight excluding hydrogens is 216 g/mol. The van der Waals surface area contributed by atoms with Gasteiger partial charge >= 0.3 is 0 Å². The van der Waals surface area contributed by atoms with E-state index in [1.165, 1.54) is 0 Å². The third kappa shape index (κ3) is 0.978. The van der Waals surface area contributed by atoms with E-state index in [-0.39, 0.29) is 0 Å². The normalized spacial score (nSPS) is 11.5. The van der Waals surface area contributed by atoms with Crippen molar-refractivity contribution in [2.45, 2.75) is 5.16 Å². The number of aromatic nitrogens is 4. The van der Waals surface area contributed by atoms with Crippen molar-refractivity contribution in [2.24, 2.45) is 0 Å². The zero-order valence-corrected chi connectivity index (χ0v) is 8.97. The highest BCUT2D eigenvalue weighted by Crippen LogP contribution is 2.24. The first-order valence-corrected chi connectivity index (χ1v) is 6.11. The molecule has 0 aliphatic heterocycles. The van der Waals surface area contributed by atoms with Crippen molar-refractivity contribution in [3.8, 4) is 0 Å². The molecule has 3 aromatic heterocycles. The van der Waals surface area contributed by atoms with Crippen LogP contribution >= 0.6 is 23.1 Å². The smallest absolute Gasteiger partial charge is 0.196 e. The monoisotopic (exact) mass is 222 g/mol. The van der Waals surface area contributed by atoms with Crippen LogP contribution in [0.4, 0.5) is 0 Å². The van der Waals surface area contributed by atoms with Gasteiger partial charge in [-0.25, -0.2) is 4.98 Å². The lowest BCUT2D eigenvalue weighted by molar-refractivity contribution is 0.910. The van der Waals surface area contributed by atoms with Crippen LogP contribution in [0.25, 0.3) is 15.9 Å². The molecule has 0 bridgehead atoms. The molecule has 0 N–H and O–H groups in total. The maximum absolute atomic E-state index is 4.33. The summed E-state index contributed by atoms with van der Waals surface area (Å²) >= 11 is 3.22. The molecule has 0 atom stereocenters. The number of nitrogens with zero attached hydrogens (tertiary/aromatic N) is 4. The van der Waals surface area contributed by atoms with E-state index in [0.717, 1.165) is 21.0 Å². The molecule has 0 fully saturated rings. The molecule has 0 aliphatic carbocycles. The van der Waals surface area contributed by atoms with E-state index in [9.17, 15) is 0 Å². The average Bonchev–Trinajstić information content (AvgIpc) is 2.82. The van der Waals surface area contributed by atoms with Gasteiger partial charge in [0.2, 0.25) is 0 Å². The second kappa shape index (κ2) is 2.93. The van der Waals surface area contributed by atoms with Gasteiger partial charge in [-0.15, -0.1) is 21.5 Å². The van der Waals surface area contributed by atoms with Gasteiger partial charge in [-0.1, -0.05) is 11.8 Å². The Morgan fingerprint density at radius 3 is 3.21 bits per heavy atom. The van der Waals surface area contributed by atoms with Crippen LogP contribution in [-0.4, -0.2) is 25.8 Å². The minimum atomic E-state index is 0.878. The molecule has 0 aromatic carbocycles. The first-order valence-electron chi connectivity index (χ1n) is 4.01. The number of rotatable bonds is 1. The molecule has 0 radical (unpaired) electrons.